The zero-order valence-electron chi connectivity index (χ0n) is 9.17. The van der Waals surface area contributed by atoms with Crippen LogP contribution < -0.4 is 10.6 Å². The second kappa shape index (κ2) is 5.80. The first-order valence-electron chi connectivity index (χ1n) is 5.47. The normalized spacial score (nSPS) is 14.7. The number of carbonyl (C=O) groups is 1. The van der Waals surface area contributed by atoms with Gasteiger partial charge >= 0.3 is 0 Å². The van der Waals surface area contributed by atoms with Gasteiger partial charge in [-0.1, -0.05) is 11.6 Å². The van der Waals surface area contributed by atoms with Crippen LogP contribution in [0.2, 0.25) is 5.15 Å². The number of aromatic nitrogens is 1. The molecule has 0 bridgehead atoms. The van der Waals surface area contributed by atoms with E-state index in [4.69, 9.17) is 11.6 Å². The molecule has 1 amide bonds. The van der Waals surface area contributed by atoms with Gasteiger partial charge in [-0.15, -0.1) is 0 Å². The van der Waals surface area contributed by atoms with E-state index in [1.165, 1.54) is 12.8 Å². The molecular weight excluding hydrogens is 305 g/mol. The number of hydrogen-bond acceptors (Lipinski definition) is 3. The molecule has 1 fully saturated rings. The molecular formula is C11H13BrClN3O. The van der Waals surface area contributed by atoms with Gasteiger partial charge < -0.3 is 10.6 Å². The van der Waals surface area contributed by atoms with Crippen LogP contribution in [0.1, 0.15) is 12.8 Å². The van der Waals surface area contributed by atoms with Gasteiger partial charge in [0.15, 0.2) is 5.15 Å². The average Bonchev–Trinajstić information content (AvgIpc) is 3.07. The standard InChI is InChI=1S/C11H13BrClN3O/c12-8-3-9(11(13)15-5-8)16-10(17)6-14-4-7-1-2-7/h3,5,7,14H,1-2,4,6H2,(H,16,17). The number of pyridine rings is 1. The smallest absolute Gasteiger partial charge is 0.238 e. The third-order valence-corrected chi connectivity index (χ3v) is 3.23. The second-order valence-electron chi connectivity index (χ2n) is 4.11. The van der Waals surface area contributed by atoms with Gasteiger partial charge in [-0.2, -0.15) is 0 Å². The Morgan fingerprint density at radius 1 is 1.59 bits per heavy atom. The van der Waals surface area contributed by atoms with Crippen molar-refractivity contribution in [3.05, 3.63) is 21.9 Å². The Morgan fingerprint density at radius 3 is 3.06 bits per heavy atom. The Hall–Kier alpha value is -0.650. The van der Waals surface area contributed by atoms with Gasteiger partial charge in [0.1, 0.15) is 0 Å². The summed E-state index contributed by atoms with van der Waals surface area (Å²) in [5.74, 6) is 0.659. The largest absolute Gasteiger partial charge is 0.322 e. The lowest BCUT2D eigenvalue weighted by molar-refractivity contribution is -0.115. The summed E-state index contributed by atoms with van der Waals surface area (Å²) in [6.07, 6.45) is 4.13. The Labute approximate surface area is 113 Å². The van der Waals surface area contributed by atoms with Crippen LogP contribution in [0.15, 0.2) is 16.7 Å². The molecule has 1 aliphatic rings. The van der Waals surface area contributed by atoms with E-state index < -0.39 is 0 Å². The van der Waals surface area contributed by atoms with Crippen molar-refractivity contribution in [2.24, 2.45) is 5.92 Å². The molecule has 6 heteroatoms. The van der Waals surface area contributed by atoms with Crippen LogP contribution in [0, 0.1) is 5.92 Å². The minimum Gasteiger partial charge on any atom is -0.322 e. The zero-order chi connectivity index (χ0) is 12.3. The number of halogens is 2. The van der Waals surface area contributed by atoms with Crippen LogP contribution >= 0.6 is 27.5 Å². The molecule has 2 rings (SSSR count). The van der Waals surface area contributed by atoms with Crippen LogP contribution in [0.3, 0.4) is 0 Å². The van der Waals surface area contributed by atoms with Gasteiger partial charge in [0.05, 0.1) is 12.2 Å². The maximum absolute atomic E-state index is 11.6. The van der Waals surface area contributed by atoms with Crippen molar-refractivity contribution in [2.45, 2.75) is 12.8 Å². The zero-order valence-corrected chi connectivity index (χ0v) is 11.5. The van der Waals surface area contributed by atoms with Crippen LogP contribution in [-0.2, 0) is 4.79 Å². The van der Waals surface area contributed by atoms with Crippen molar-refractivity contribution >= 4 is 39.1 Å². The van der Waals surface area contributed by atoms with Gasteiger partial charge in [-0.05, 0) is 47.3 Å². The molecule has 1 heterocycles. The van der Waals surface area contributed by atoms with Crippen molar-refractivity contribution in [3.8, 4) is 0 Å². The predicted molar refractivity (Wildman–Crippen MR) is 71.2 cm³/mol. The molecule has 0 aromatic carbocycles. The molecule has 1 aromatic heterocycles. The van der Waals surface area contributed by atoms with E-state index >= 15 is 0 Å². The average molecular weight is 319 g/mol. The number of amides is 1. The third-order valence-electron chi connectivity index (χ3n) is 2.50. The quantitative estimate of drug-likeness (QED) is 0.820. The number of rotatable bonds is 5. The molecule has 4 nitrogen and oxygen atoms in total. The molecule has 0 spiro atoms. The number of hydrogen-bond donors (Lipinski definition) is 2. The number of nitrogens with one attached hydrogen (secondary N) is 2. The van der Waals surface area contributed by atoms with Gasteiger partial charge in [0.25, 0.3) is 0 Å². The maximum Gasteiger partial charge on any atom is 0.238 e. The van der Waals surface area contributed by atoms with E-state index in [0.29, 0.717) is 17.4 Å². The number of anilines is 1. The van der Waals surface area contributed by atoms with Crippen molar-refractivity contribution in [2.75, 3.05) is 18.4 Å². The molecule has 2 N–H and O–H groups in total. The van der Waals surface area contributed by atoms with Crippen molar-refractivity contribution < 1.29 is 4.79 Å². The lowest BCUT2D eigenvalue weighted by atomic mass is 10.4. The van der Waals surface area contributed by atoms with E-state index in [1.807, 2.05) is 0 Å². The van der Waals surface area contributed by atoms with Crippen molar-refractivity contribution in [3.63, 3.8) is 0 Å². The summed E-state index contributed by atoms with van der Waals surface area (Å²) in [4.78, 5) is 15.5. The first-order chi connectivity index (χ1) is 8.15. The molecule has 0 saturated heterocycles. The highest BCUT2D eigenvalue weighted by atomic mass is 79.9. The lowest BCUT2D eigenvalue weighted by Gasteiger charge is -2.07. The fraction of sp³-hybridized carbons (Fsp3) is 0.455. The van der Waals surface area contributed by atoms with E-state index in [0.717, 1.165) is 16.9 Å². The van der Waals surface area contributed by atoms with Crippen LogP contribution in [-0.4, -0.2) is 24.0 Å². The highest BCUT2D eigenvalue weighted by Gasteiger charge is 2.20. The maximum atomic E-state index is 11.6. The molecule has 1 saturated carbocycles. The third kappa shape index (κ3) is 4.26. The van der Waals surface area contributed by atoms with Gasteiger partial charge in [-0.3, -0.25) is 4.79 Å². The van der Waals surface area contributed by atoms with E-state index in [9.17, 15) is 4.79 Å². The fourth-order valence-electron chi connectivity index (χ4n) is 1.42. The van der Waals surface area contributed by atoms with Gasteiger partial charge in [0.2, 0.25) is 5.91 Å². The summed E-state index contributed by atoms with van der Waals surface area (Å²) in [5, 5.41) is 6.13. The summed E-state index contributed by atoms with van der Waals surface area (Å²) >= 11 is 9.15. The minimum atomic E-state index is -0.104. The summed E-state index contributed by atoms with van der Waals surface area (Å²) in [5.41, 5.74) is 0.527. The topological polar surface area (TPSA) is 54.0 Å². The van der Waals surface area contributed by atoms with Crippen LogP contribution in [0.5, 0.6) is 0 Å². The van der Waals surface area contributed by atoms with Crippen molar-refractivity contribution in [1.82, 2.24) is 10.3 Å². The van der Waals surface area contributed by atoms with E-state index in [2.05, 4.69) is 31.5 Å². The number of carbonyl (C=O) groups excluding carboxylic acids is 1. The first-order valence-corrected chi connectivity index (χ1v) is 6.64. The first kappa shape index (κ1) is 12.8. The molecule has 0 atom stereocenters. The summed E-state index contributed by atoms with van der Waals surface area (Å²) in [6.45, 7) is 1.22. The summed E-state index contributed by atoms with van der Waals surface area (Å²) in [7, 11) is 0. The second-order valence-corrected chi connectivity index (χ2v) is 5.39. The summed E-state index contributed by atoms with van der Waals surface area (Å²) in [6, 6.07) is 1.73. The monoisotopic (exact) mass is 317 g/mol. The fourth-order valence-corrected chi connectivity index (χ4v) is 1.90. The Morgan fingerprint density at radius 2 is 2.35 bits per heavy atom. The SMILES string of the molecule is O=C(CNCC1CC1)Nc1cc(Br)cnc1Cl. The number of nitrogens with zero attached hydrogens (tertiary/aromatic N) is 1. The van der Waals surface area contributed by atoms with Crippen molar-refractivity contribution in [1.29, 1.82) is 0 Å². The Kier molecular flexibility index (Phi) is 4.36. The predicted octanol–water partition coefficient (Wildman–Crippen LogP) is 2.44. The molecule has 1 aromatic rings. The highest BCUT2D eigenvalue weighted by molar-refractivity contribution is 9.10. The molecule has 92 valence electrons. The Bertz CT molecular complexity index is 423. The summed E-state index contributed by atoms with van der Waals surface area (Å²) < 4.78 is 0.781. The Balaban J connectivity index is 1.81. The molecule has 1 aliphatic carbocycles. The van der Waals surface area contributed by atoms with Gasteiger partial charge in [-0.25, -0.2) is 4.98 Å². The highest BCUT2D eigenvalue weighted by Crippen LogP contribution is 2.27. The van der Waals surface area contributed by atoms with Crippen LogP contribution in [0.25, 0.3) is 0 Å². The van der Waals surface area contributed by atoms with Gasteiger partial charge in [0, 0.05) is 10.7 Å². The minimum absolute atomic E-state index is 0.104. The van der Waals surface area contributed by atoms with E-state index in [-0.39, 0.29) is 5.91 Å². The van der Waals surface area contributed by atoms with E-state index in [1.54, 1.807) is 12.3 Å². The van der Waals surface area contributed by atoms with Crippen LogP contribution in [0.4, 0.5) is 5.69 Å². The lowest BCUT2D eigenvalue weighted by Crippen LogP contribution is -2.29. The molecule has 0 aliphatic heterocycles. The molecule has 0 radical (unpaired) electrons. The molecule has 17 heavy (non-hydrogen) atoms. The molecule has 0 unspecified atom stereocenters.